The molecule has 1 atom stereocenters. The summed E-state index contributed by atoms with van der Waals surface area (Å²) in [5, 5.41) is 17.2. The van der Waals surface area contributed by atoms with Crippen LogP contribution in [0, 0.1) is 22.7 Å². The molecule has 0 N–H and O–H groups in total. The van der Waals surface area contributed by atoms with Crippen molar-refractivity contribution in [2.45, 2.75) is 12.8 Å². The molecule has 2 nitrogen and oxygen atoms in total. The largest absolute Gasteiger partial charge is 0.192 e. The lowest BCUT2D eigenvalue weighted by Gasteiger charge is -2.04. The van der Waals surface area contributed by atoms with Crippen LogP contribution in [0.2, 0.25) is 0 Å². The Bertz CT molecular complexity index is 388. The molecule has 0 spiro atoms. The topological polar surface area (TPSA) is 47.6 Å². The Labute approximate surface area is 83.7 Å². The van der Waals surface area contributed by atoms with Crippen molar-refractivity contribution in [3.63, 3.8) is 0 Å². The molecule has 0 unspecified atom stereocenters. The van der Waals surface area contributed by atoms with Crippen LogP contribution in [0.15, 0.2) is 42.0 Å². The zero-order chi connectivity index (χ0) is 10.4. The van der Waals surface area contributed by atoms with E-state index in [2.05, 4.69) is 0 Å². The van der Waals surface area contributed by atoms with Gasteiger partial charge in [0.15, 0.2) is 0 Å². The summed E-state index contributed by atoms with van der Waals surface area (Å²) in [5.41, 5.74) is 1.27. The lowest BCUT2D eigenvalue weighted by Crippen LogP contribution is -1.89. The molecule has 0 amide bonds. The monoisotopic (exact) mass is 182 g/mol. The summed E-state index contributed by atoms with van der Waals surface area (Å²) in [5.74, 6) is 0.102. The van der Waals surface area contributed by atoms with Gasteiger partial charge in [-0.2, -0.15) is 10.5 Å². The summed E-state index contributed by atoms with van der Waals surface area (Å²) < 4.78 is 0. The molecule has 2 heteroatoms. The SMILES string of the molecule is C[C@@H](C=C(C#N)C#N)c1ccccc1. The summed E-state index contributed by atoms with van der Waals surface area (Å²) in [6, 6.07) is 13.5. The second kappa shape index (κ2) is 4.84. The first-order valence-corrected chi connectivity index (χ1v) is 4.35. The van der Waals surface area contributed by atoms with Crippen LogP contribution in [0.4, 0.5) is 0 Å². The van der Waals surface area contributed by atoms with Gasteiger partial charge in [0, 0.05) is 5.92 Å². The van der Waals surface area contributed by atoms with Gasteiger partial charge in [-0.15, -0.1) is 0 Å². The molecule has 0 fully saturated rings. The van der Waals surface area contributed by atoms with Crippen molar-refractivity contribution in [1.29, 1.82) is 10.5 Å². The smallest absolute Gasteiger partial charge is 0.126 e. The predicted octanol–water partition coefficient (Wildman–Crippen LogP) is 2.76. The van der Waals surface area contributed by atoms with Crippen LogP contribution in [-0.2, 0) is 0 Å². The minimum Gasteiger partial charge on any atom is -0.192 e. The molecule has 1 aromatic rings. The van der Waals surface area contributed by atoms with Crippen LogP contribution in [0.5, 0.6) is 0 Å². The third-order valence-electron chi connectivity index (χ3n) is 1.98. The van der Waals surface area contributed by atoms with Crippen molar-refractivity contribution in [2.24, 2.45) is 0 Å². The summed E-state index contributed by atoms with van der Waals surface area (Å²) in [4.78, 5) is 0. The van der Waals surface area contributed by atoms with Gasteiger partial charge in [0.05, 0.1) is 0 Å². The Morgan fingerprint density at radius 2 is 1.79 bits per heavy atom. The second-order valence-electron chi connectivity index (χ2n) is 3.00. The number of benzene rings is 1. The van der Waals surface area contributed by atoms with E-state index < -0.39 is 0 Å². The molecule has 0 aromatic heterocycles. The van der Waals surface area contributed by atoms with Crippen LogP contribution in [0.1, 0.15) is 18.4 Å². The van der Waals surface area contributed by atoms with Crippen molar-refractivity contribution in [3.05, 3.63) is 47.5 Å². The van der Waals surface area contributed by atoms with Gasteiger partial charge in [-0.05, 0) is 11.6 Å². The average Bonchev–Trinajstić information content (AvgIpc) is 2.26. The Kier molecular flexibility index (Phi) is 3.47. The highest BCUT2D eigenvalue weighted by Crippen LogP contribution is 2.17. The third kappa shape index (κ3) is 2.47. The molecule has 0 radical (unpaired) electrons. The molecular formula is C12H10N2. The van der Waals surface area contributed by atoms with Crippen molar-refractivity contribution in [1.82, 2.24) is 0 Å². The molecule has 0 saturated heterocycles. The van der Waals surface area contributed by atoms with Gasteiger partial charge >= 0.3 is 0 Å². The molecule has 0 heterocycles. The first kappa shape index (κ1) is 10.0. The molecule has 0 bridgehead atoms. The Morgan fingerprint density at radius 1 is 1.21 bits per heavy atom. The normalized spacial score (nSPS) is 10.8. The minimum atomic E-state index is 0.102. The van der Waals surface area contributed by atoms with E-state index in [9.17, 15) is 0 Å². The zero-order valence-electron chi connectivity index (χ0n) is 7.94. The van der Waals surface area contributed by atoms with Crippen LogP contribution >= 0.6 is 0 Å². The Balaban J connectivity index is 2.89. The van der Waals surface area contributed by atoms with E-state index >= 15 is 0 Å². The summed E-state index contributed by atoms with van der Waals surface area (Å²) in [6.45, 7) is 1.96. The molecule has 68 valence electrons. The van der Waals surface area contributed by atoms with Gasteiger partial charge in [-0.3, -0.25) is 0 Å². The number of hydrogen-bond acceptors (Lipinski definition) is 2. The average molecular weight is 182 g/mol. The van der Waals surface area contributed by atoms with E-state index in [4.69, 9.17) is 10.5 Å². The van der Waals surface area contributed by atoms with Gasteiger partial charge in [-0.25, -0.2) is 0 Å². The summed E-state index contributed by atoms with van der Waals surface area (Å²) in [7, 11) is 0. The zero-order valence-corrected chi connectivity index (χ0v) is 7.94. The Morgan fingerprint density at radius 3 is 2.29 bits per heavy atom. The third-order valence-corrected chi connectivity index (χ3v) is 1.98. The van der Waals surface area contributed by atoms with Crippen LogP contribution in [0.25, 0.3) is 0 Å². The van der Waals surface area contributed by atoms with Gasteiger partial charge < -0.3 is 0 Å². The van der Waals surface area contributed by atoms with Gasteiger partial charge in [-0.1, -0.05) is 37.3 Å². The van der Waals surface area contributed by atoms with Crippen molar-refractivity contribution in [2.75, 3.05) is 0 Å². The van der Waals surface area contributed by atoms with Crippen molar-refractivity contribution in [3.8, 4) is 12.1 Å². The first-order valence-electron chi connectivity index (χ1n) is 4.35. The van der Waals surface area contributed by atoms with Crippen molar-refractivity contribution < 1.29 is 0 Å². The van der Waals surface area contributed by atoms with Gasteiger partial charge in [0.25, 0.3) is 0 Å². The molecule has 0 aliphatic heterocycles. The molecule has 0 aliphatic carbocycles. The molecular weight excluding hydrogens is 172 g/mol. The number of nitrogens with zero attached hydrogens (tertiary/aromatic N) is 2. The van der Waals surface area contributed by atoms with Gasteiger partial charge in [0.1, 0.15) is 17.7 Å². The highest BCUT2D eigenvalue weighted by atomic mass is 14.3. The maximum Gasteiger partial charge on any atom is 0.126 e. The van der Waals surface area contributed by atoms with Crippen LogP contribution < -0.4 is 0 Å². The van der Waals surface area contributed by atoms with Crippen LogP contribution in [0.3, 0.4) is 0 Å². The van der Waals surface area contributed by atoms with Gasteiger partial charge in [0.2, 0.25) is 0 Å². The van der Waals surface area contributed by atoms with E-state index in [1.807, 2.05) is 49.4 Å². The van der Waals surface area contributed by atoms with E-state index in [1.54, 1.807) is 6.08 Å². The number of nitriles is 2. The molecule has 14 heavy (non-hydrogen) atoms. The van der Waals surface area contributed by atoms with Crippen LogP contribution in [-0.4, -0.2) is 0 Å². The fourth-order valence-electron chi connectivity index (χ4n) is 1.20. The fourth-order valence-corrected chi connectivity index (χ4v) is 1.20. The lowest BCUT2D eigenvalue weighted by atomic mass is 9.99. The van der Waals surface area contributed by atoms with E-state index in [0.29, 0.717) is 0 Å². The maximum atomic E-state index is 8.58. The molecule has 1 rings (SSSR count). The van der Waals surface area contributed by atoms with E-state index in [-0.39, 0.29) is 11.5 Å². The Hall–Kier alpha value is -2.06. The summed E-state index contributed by atoms with van der Waals surface area (Å²) >= 11 is 0. The summed E-state index contributed by atoms with van der Waals surface area (Å²) in [6.07, 6.45) is 1.68. The number of allylic oxidation sites excluding steroid dienone is 2. The fraction of sp³-hybridized carbons (Fsp3) is 0.167. The number of rotatable bonds is 2. The number of hydrogen-bond donors (Lipinski definition) is 0. The molecule has 0 aliphatic rings. The predicted molar refractivity (Wildman–Crippen MR) is 54.2 cm³/mol. The van der Waals surface area contributed by atoms with E-state index in [0.717, 1.165) is 5.56 Å². The quantitative estimate of drug-likeness (QED) is 0.660. The highest BCUT2D eigenvalue weighted by Gasteiger charge is 2.02. The maximum absolute atomic E-state index is 8.58. The standard InChI is InChI=1S/C12H10N2/c1-10(7-11(8-13)9-14)12-5-3-2-4-6-12/h2-7,10H,1H3/t10-/m0/s1. The first-order chi connectivity index (χ1) is 6.77. The lowest BCUT2D eigenvalue weighted by molar-refractivity contribution is 0.963. The van der Waals surface area contributed by atoms with Crippen molar-refractivity contribution >= 4 is 0 Å². The second-order valence-corrected chi connectivity index (χ2v) is 3.00. The highest BCUT2D eigenvalue weighted by molar-refractivity contribution is 5.38. The molecule has 0 saturated carbocycles. The molecule has 1 aromatic carbocycles. The van der Waals surface area contributed by atoms with E-state index in [1.165, 1.54) is 0 Å². The minimum absolute atomic E-state index is 0.102.